The van der Waals surface area contributed by atoms with E-state index >= 15 is 0 Å². The lowest BCUT2D eigenvalue weighted by molar-refractivity contribution is 0.102. The lowest BCUT2D eigenvalue weighted by Gasteiger charge is -2.14. The van der Waals surface area contributed by atoms with E-state index in [0.717, 1.165) is 33.0 Å². The number of Topliss-reactive ketones (excluding diaryl/α,β-unsaturated/α-hetero) is 1. The van der Waals surface area contributed by atoms with Gasteiger partial charge in [0, 0.05) is 19.7 Å². The molecule has 0 radical (unpaired) electrons. The summed E-state index contributed by atoms with van der Waals surface area (Å²) in [6.45, 7) is 2.16. The van der Waals surface area contributed by atoms with E-state index in [2.05, 4.69) is 10.2 Å². The standard InChI is InChI=1S/C24H24N6O3S/c1-15-9-11-17(12-10-15)21-26-27-23(28(21)2)34-14-18(31)19-20(25)30(24(33)29(3)22(19)32)13-16-7-5-4-6-8-16/h4-12H,13-14,25H2,1-3H3. The Morgan fingerprint density at radius 1 is 0.971 bits per heavy atom. The first kappa shape index (κ1) is 23.2. The summed E-state index contributed by atoms with van der Waals surface area (Å²) < 4.78 is 3.95. The van der Waals surface area contributed by atoms with E-state index in [4.69, 9.17) is 5.73 Å². The molecule has 9 nitrogen and oxygen atoms in total. The summed E-state index contributed by atoms with van der Waals surface area (Å²) in [4.78, 5) is 38.5. The molecule has 0 amide bonds. The Morgan fingerprint density at radius 3 is 2.32 bits per heavy atom. The number of anilines is 1. The second-order valence-electron chi connectivity index (χ2n) is 7.92. The van der Waals surface area contributed by atoms with Crippen molar-refractivity contribution in [2.24, 2.45) is 14.1 Å². The van der Waals surface area contributed by atoms with Crippen molar-refractivity contribution in [3.63, 3.8) is 0 Å². The molecule has 2 heterocycles. The Hall–Kier alpha value is -3.92. The van der Waals surface area contributed by atoms with Crippen LogP contribution in [-0.2, 0) is 20.6 Å². The van der Waals surface area contributed by atoms with Crippen LogP contribution in [0.4, 0.5) is 5.82 Å². The molecule has 2 N–H and O–H groups in total. The molecule has 4 aromatic rings. The molecule has 34 heavy (non-hydrogen) atoms. The minimum atomic E-state index is -0.712. The zero-order valence-electron chi connectivity index (χ0n) is 19.1. The number of nitrogens with two attached hydrogens (primary N) is 1. The van der Waals surface area contributed by atoms with Gasteiger partial charge in [0.2, 0.25) is 0 Å². The van der Waals surface area contributed by atoms with Gasteiger partial charge in [-0.2, -0.15) is 0 Å². The number of carbonyl (C=O) groups is 1. The first-order chi connectivity index (χ1) is 16.3. The van der Waals surface area contributed by atoms with E-state index in [9.17, 15) is 14.4 Å². The molecule has 0 atom stereocenters. The molecule has 4 rings (SSSR count). The summed E-state index contributed by atoms with van der Waals surface area (Å²) in [5, 5.41) is 8.94. The van der Waals surface area contributed by atoms with Gasteiger partial charge in [-0.3, -0.25) is 18.7 Å². The number of aromatic nitrogens is 5. The molecular formula is C24H24N6O3S. The van der Waals surface area contributed by atoms with Gasteiger partial charge in [0.15, 0.2) is 16.8 Å². The second-order valence-corrected chi connectivity index (χ2v) is 8.86. The van der Waals surface area contributed by atoms with Crippen molar-refractivity contribution < 1.29 is 4.79 Å². The summed E-state index contributed by atoms with van der Waals surface area (Å²) >= 11 is 1.15. The summed E-state index contributed by atoms with van der Waals surface area (Å²) in [5.41, 5.74) is 7.56. The highest BCUT2D eigenvalue weighted by Crippen LogP contribution is 2.24. The van der Waals surface area contributed by atoms with Gasteiger partial charge in [0.05, 0.1) is 12.3 Å². The van der Waals surface area contributed by atoms with E-state index in [0.29, 0.717) is 11.0 Å². The number of hydrogen-bond acceptors (Lipinski definition) is 7. The van der Waals surface area contributed by atoms with E-state index in [1.165, 1.54) is 11.6 Å². The van der Waals surface area contributed by atoms with Crippen LogP contribution in [-0.4, -0.2) is 35.4 Å². The summed E-state index contributed by atoms with van der Waals surface area (Å²) in [6, 6.07) is 17.1. The molecule has 0 saturated heterocycles. The maximum atomic E-state index is 13.1. The quantitative estimate of drug-likeness (QED) is 0.321. The Labute approximate surface area is 199 Å². The van der Waals surface area contributed by atoms with Crippen LogP contribution in [0.2, 0.25) is 0 Å². The summed E-state index contributed by atoms with van der Waals surface area (Å²) in [6.07, 6.45) is 0. The SMILES string of the molecule is Cc1ccc(-c2nnc(SCC(=O)c3c(N)n(Cc4ccccc4)c(=O)n(C)c3=O)n2C)cc1. The Balaban J connectivity index is 1.60. The van der Waals surface area contributed by atoms with Gasteiger partial charge in [0.1, 0.15) is 11.4 Å². The minimum Gasteiger partial charge on any atom is -0.384 e. The molecule has 0 unspecified atom stereocenters. The lowest BCUT2D eigenvalue weighted by Crippen LogP contribution is -2.43. The van der Waals surface area contributed by atoms with Gasteiger partial charge in [0.25, 0.3) is 5.56 Å². The summed E-state index contributed by atoms with van der Waals surface area (Å²) in [5.74, 6) is -0.0319. The van der Waals surface area contributed by atoms with Crippen LogP contribution in [0, 0.1) is 6.92 Å². The molecule has 0 aliphatic rings. The Bertz CT molecular complexity index is 1470. The van der Waals surface area contributed by atoms with Gasteiger partial charge in [-0.25, -0.2) is 4.79 Å². The number of hydrogen-bond donors (Lipinski definition) is 1. The fourth-order valence-corrected chi connectivity index (χ4v) is 4.34. The predicted octanol–water partition coefficient (Wildman–Crippen LogP) is 2.26. The smallest absolute Gasteiger partial charge is 0.332 e. The normalized spacial score (nSPS) is 11.0. The largest absolute Gasteiger partial charge is 0.384 e. The molecule has 0 spiro atoms. The lowest BCUT2D eigenvalue weighted by atomic mass is 10.1. The Morgan fingerprint density at radius 2 is 1.65 bits per heavy atom. The van der Waals surface area contributed by atoms with Crippen molar-refractivity contribution in [2.45, 2.75) is 18.6 Å². The molecule has 0 saturated carbocycles. The fraction of sp³-hybridized carbons (Fsp3) is 0.208. The first-order valence-corrected chi connectivity index (χ1v) is 11.5. The van der Waals surface area contributed by atoms with Crippen LogP contribution >= 0.6 is 11.8 Å². The third-order valence-corrected chi connectivity index (χ3v) is 6.54. The fourth-order valence-electron chi connectivity index (χ4n) is 3.56. The van der Waals surface area contributed by atoms with Gasteiger partial charge in [-0.1, -0.05) is 71.9 Å². The topological polar surface area (TPSA) is 118 Å². The third kappa shape index (κ3) is 4.44. The van der Waals surface area contributed by atoms with Crippen LogP contribution in [0.5, 0.6) is 0 Å². The first-order valence-electron chi connectivity index (χ1n) is 10.5. The number of carbonyl (C=O) groups excluding carboxylic acids is 1. The molecule has 2 aromatic carbocycles. The third-order valence-electron chi connectivity index (χ3n) is 5.52. The van der Waals surface area contributed by atoms with Crippen molar-refractivity contribution in [3.05, 3.63) is 92.1 Å². The predicted molar refractivity (Wildman–Crippen MR) is 132 cm³/mol. The van der Waals surface area contributed by atoms with E-state index in [1.807, 2.05) is 68.6 Å². The van der Waals surface area contributed by atoms with Crippen molar-refractivity contribution >= 4 is 23.4 Å². The van der Waals surface area contributed by atoms with Crippen molar-refractivity contribution in [1.29, 1.82) is 0 Å². The molecule has 0 bridgehead atoms. The summed E-state index contributed by atoms with van der Waals surface area (Å²) in [7, 11) is 3.15. The van der Waals surface area contributed by atoms with Gasteiger partial charge in [-0.05, 0) is 12.5 Å². The van der Waals surface area contributed by atoms with Crippen molar-refractivity contribution in [2.75, 3.05) is 11.5 Å². The van der Waals surface area contributed by atoms with Crippen LogP contribution < -0.4 is 17.0 Å². The Kier molecular flexibility index (Phi) is 6.51. The van der Waals surface area contributed by atoms with Gasteiger partial charge >= 0.3 is 5.69 Å². The molecule has 0 aliphatic heterocycles. The van der Waals surface area contributed by atoms with Crippen molar-refractivity contribution in [1.82, 2.24) is 23.9 Å². The van der Waals surface area contributed by atoms with Crippen LogP contribution in [0.25, 0.3) is 11.4 Å². The van der Waals surface area contributed by atoms with Gasteiger partial charge in [-0.15, -0.1) is 10.2 Å². The zero-order valence-corrected chi connectivity index (χ0v) is 19.9. The van der Waals surface area contributed by atoms with E-state index in [1.54, 1.807) is 4.57 Å². The van der Waals surface area contributed by atoms with Gasteiger partial charge < -0.3 is 10.3 Å². The van der Waals surface area contributed by atoms with Crippen LogP contribution in [0.15, 0.2) is 69.3 Å². The minimum absolute atomic E-state index is 0.0805. The van der Waals surface area contributed by atoms with E-state index in [-0.39, 0.29) is 23.7 Å². The number of ketones is 1. The monoisotopic (exact) mass is 476 g/mol. The number of aryl methyl sites for hydroxylation is 1. The number of benzene rings is 2. The maximum Gasteiger partial charge on any atom is 0.332 e. The highest BCUT2D eigenvalue weighted by Gasteiger charge is 2.23. The molecular weight excluding hydrogens is 452 g/mol. The number of rotatable bonds is 7. The highest BCUT2D eigenvalue weighted by molar-refractivity contribution is 7.99. The van der Waals surface area contributed by atoms with E-state index < -0.39 is 17.0 Å². The zero-order chi connectivity index (χ0) is 24.4. The highest BCUT2D eigenvalue weighted by atomic mass is 32.2. The van der Waals surface area contributed by atoms with Crippen LogP contribution in [0.1, 0.15) is 21.5 Å². The number of nitrogens with zero attached hydrogens (tertiary/aromatic N) is 5. The molecule has 2 aromatic heterocycles. The number of nitrogen functional groups attached to an aromatic ring is 1. The van der Waals surface area contributed by atoms with Crippen molar-refractivity contribution in [3.8, 4) is 11.4 Å². The second kappa shape index (κ2) is 9.52. The maximum absolute atomic E-state index is 13.1. The number of thioether (sulfide) groups is 1. The molecule has 0 fully saturated rings. The molecule has 10 heteroatoms. The average Bonchev–Trinajstić information content (AvgIpc) is 3.20. The molecule has 174 valence electrons. The average molecular weight is 477 g/mol. The van der Waals surface area contributed by atoms with Crippen LogP contribution in [0.3, 0.4) is 0 Å². The molecule has 0 aliphatic carbocycles.